The van der Waals surface area contributed by atoms with Crippen molar-refractivity contribution in [3.63, 3.8) is 0 Å². The van der Waals surface area contributed by atoms with Gasteiger partial charge in [0.05, 0.1) is 4.47 Å². The quantitative estimate of drug-likeness (QED) is 0.851. The average molecular weight is 278 g/mol. The summed E-state index contributed by atoms with van der Waals surface area (Å²) in [5.74, 6) is 0. The van der Waals surface area contributed by atoms with Gasteiger partial charge in [-0.2, -0.15) is 0 Å². The maximum atomic E-state index is 11.7. The van der Waals surface area contributed by atoms with Gasteiger partial charge in [0.25, 0.3) is 5.56 Å². The number of pyridine rings is 1. The van der Waals surface area contributed by atoms with E-state index in [0.717, 1.165) is 22.4 Å². The first-order valence-corrected chi connectivity index (χ1v) is 5.85. The molecule has 0 saturated heterocycles. The van der Waals surface area contributed by atoms with Gasteiger partial charge in [0.2, 0.25) is 0 Å². The smallest absolute Gasteiger partial charge is 0.263 e. The zero-order valence-corrected chi connectivity index (χ0v) is 10.8. The zero-order chi connectivity index (χ0) is 11.7. The molecule has 2 nitrogen and oxygen atoms in total. The van der Waals surface area contributed by atoms with Gasteiger partial charge in [-0.05, 0) is 40.9 Å². The van der Waals surface area contributed by atoms with Crippen LogP contribution in [0.25, 0.3) is 11.1 Å². The minimum atomic E-state index is -0.0815. The number of halogens is 1. The molecule has 0 aliphatic carbocycles. The largest absolute Gasteiger partial charge is 0.325 e. The van der Waals surface area contributed by atoms with Crippen LogP contribution in [0.2, 0.25) is 0 Å². The minimum Gasteiger partial charge on any atom is -0.325 e. The van der Waals surface area contributed by atoms with Crippen molar-refractivity contribution in [2.24, 2.45) is 0 Å². The van der Waals surface area contributed by atoms with Gasteiger partial charge in [0.15, 0.2) is 0 Å². The first-order chi connectivity index (χ1) is 7.61. The van der Waals surface area contributed by atoms with Crippen LogP contribution < -0.4 is 5.56 Å². The lowest BCUT2D eigenvalue weighted by Gasteiger charge is -2.10. The molecule has 1 aromatic heterocycles. The molecule has 1 aromatic carbocycles. The van der Waals surface area contributed by atoms with Crippen molar-refractivity contribution in [2.75, 3.05) is 0 Å². The minimum absolute atomic E-state index is 0.0815. The number of aryl methyl sites for hydroxylation is 1. The Labute approximate surface area is 102 Å². The number of nitrogens with one attached hydrogen (secondary N) is 1. The Bertz CT molecular complexity index is 572. The van der Waals surface area contributed by atoms with E-state index in [1.54, 1.807) is 0 Å². The highest BCUT2D eigenvalue weighted by molar-refractivity contribution is 9.10. The van der Waals surface area contributed by atoms with Crippen LogP contribution >= 0.6 is 15.9 Å². The van der Waals surface area contributed by atoms with E-state index < -0.39 is 0 Å². The predicted octanol–water partition coefficient (Wildman–Crippen LogP) is 3.42. The lowest BCUT2D eigenvalue weighted by molar-refractivity contribution is 1.09. The highest BCUT2D eigenvalue weighted by atomic mass is 79.9. The Hall–Kier alpha value is -1.35. The number of H-pyrrole nitrogens is 1. The number of benzene rings is 1. The average Bonchev–Trinajstić information content (AvgIpc) is 2.28. The normalized spacial score (nSPS) is 10.4. The Kier molecular flexibility index (Phi) is 2.97. The fraction of sp³-hybridized carbons (Fsp3) is 0.154. The maximum absolute atomic E-state index is 11.7. The van der Waals surface area contributed by atoms with Gasteiger partial charge in [0, 0.05) is 11.3 Å². The van der Waals surface area contributed by atoms with Gasteiger partial charge in [-0.25, -0.2) is 0 Å². The summed E-state index contributed by atoms with van der Waals surface area (Å²) in [6.07, 6.45) is 0. The molecule has 1 heterocycles. The Morgan fingerprint density at radius 2 is 1.75 bits per heavy atom. The number of hydrogen-bond acceptors (Lipinski definition) is 1. The van der Waals surface area contributed by atoms with Crippen LogP contribution in [0.15, 0.2) is 39.6 Å². The summed E-state index contributed by atoms with van der Waals surface area (Å²) in [5, 5.41) is 0. The second-order valence-corrected chi connectivity index (χ2v) is 4.55. The molecule has 0 atom stereocenters. The first-order valence-electron chi connectivity index (χ1n) is 5.05. The van der Waals surface area contributed by atoms with Crippen LogP contribution in [-0.4, -0.2) is 4.98 Å². The molecule has 2 aromatic rings. The van der Waals surface area contributed by atoms with Gasteiger partial charge in [-0.15, -0.1) is 0 Å². The molecular formula is C13H12BrNO. The highest BCUT2D eigenvalue weighted by Gasteiger charge is 2.11. The van der Waals surface area contributed by atoms with E-state index in [1.165, 1.54) is 0 Å². The number of rotatable bonds is 1. The van der Waals surface area contributed by atoms with E-state index in [9.17, 15) is 4.79 Å². The van der Waals surface area contributed by atoms with Crippen molar-refractivity contribution in [2.45, 2.75) is 13.8 Å². The van der Waals surface area contributed by atoms with E-state index in [2.05, 4.69) is 20.9 Å². The SMILES string of the molecule is Cc1[nH]c(=O)c(Br)c(-c2ccccc2)c1C. The molecule has 0 amide bonds. The zero-order valence-electron chi connectivity index (χ0n) is 9.17. The molecule has 16 heavy (non-hydrogen) atoms. The summed E-state index contributed by atoms with van der Waals surface area (Å²) in [5.41, 5.74) is 3.95. The molecule has 0 spiro atoms. The summed E-state index contributed by atoms with van der Waals surface area (Å²) in [6, 6.07) is 9.92. The van der Waals surface area contributed by atoms with Crippen LogP contribution in [0.3, 0.4) is 0 Å². The molecule has 0 bridgehead atoms. The summed E-state index contributed by atoms with van der Waals surface area (Å²) in [4.78, 5) is 14.5. The van der Waals surface area contributed by atoms with Gasteiger partial charge >= 0.3 is 0 Å². The van der Waals surface area contributed by atoms with Gasteiger partial charge in [-0.1, -0.05) is 30.3 Å². The molecule has 0 unspecified atom stereocenters. The topological polar surface area (TPSA) is 32.9 Å². The number of aromatic nitrogens is 1. The van der Waals surface area contributed by atoms with Gasteiger partial charge in [-0.3, -0.25) is 4.79 Å². The van der Waals surface area contributed by atoms with Crippen LogP contribution in [0, 0.1) is 13.8 Å². The Morgan fingerprint density at radius 1 is 1.12 bits per heavy atom. The Morgan fingerprint density at radius 3 is 2.38 bits per heavy atom. The maximum Gasteiger partial charge on any atom is 0.263 e. The third-order valence-electron chi connectivity index (χ3n) is 2.72. The summed E-state index contributed by atoms with van der Waals surface area (Å²) in [6.45, 7) is 3.92. The fourth-order valence-electron chi connectivity index (χ4n) is 1.73. The molecule has 3 heteroatoms. The Balaban J connectivity index is 2.79. The summed E-state index contributed by atoms with van der Waals surface area (Å²) < 4.78 is 0.599. The van der Waals surface area contributed by atoms with Crippen molar-refractivity contribution in [3.05, 3.63) is 56.4 Å². The van der Waals surface area contributed by atoms with Crippen molar-refractivity contribution < 1.29 is 0 Å². The van der Waals surface area contributed by atoms with Crippen molar-refractivity contribution in [1.82, 2.24) is 4.98 Å². The fourth-order valence-corrected chi connectivity index (χ4v) is 2.36. The van der Waals surface area contributed by atoms with E-state index in [0.29, 0.717) is 4.47 Å². The second-order valence-electron chi connectivity index (χ2n) is 3.76. The second kappa shape index (κ2) is 4.26. The summed E-state index contributed by atoms with van der Waals surface area (Å²) in [7, 11) is 0. The summed E-state index contributed by atoms with van der Waals surface area (Å²) >= 11 is 3.36. The third-order valence-corrected chi connectivity index (χ3v) is 3.48. The van der Waals surface area contributed by atoms with Crippen LogP contribution in [-0.2, 0) is 0 Å². The van der Waals surface area contributed by atoms with E-state index >= 15 is 0 Å². The van der Waals surface area contributed by atoms with E-state index in [4.69, 9.17) is 0 Å². The third kappa shape index (κ3) is 1.83. The molecule has 82 valence electrons. The van der Waals surface area contributed by atoms with Crippen LogP contribution in [0.5, 0.6) is 0 Å². The van der Waals surface area contributed by atoms with Gasteiger partial charge in [0.1, 0.15) is 0 Å². The van der Waals surface area contributed by atoms with Crippen LogP contribution in [0.1, 0.15) is 11.3 Å². The van der Waals surface area contributed by atoms with Crippen molar-refractivity contribution in [3.8, 4) is 11.1 Å². The van der Waals surface area contributed by atoms with E-state index in [1.807, 2.05) is 44.2 Å². The van der Waals surface area contributed by atoms with E-state index in [-0.39, 0.29) is 5.56 Å². The molecule has 0 radical (unpaired) electrons. The molecule has 0 saturated carbocycles. The molecule has 1 N–H and O–H groups in total. The number of hydrogen-bond donors (Lipinski definition) is 1. The lowest BCUT2D eigenvalue weighted by Crippen LogP contribution is -2.11. The monoisotopic (exact) mass is 277 g/mol. The first kappa shape index (κ1) is 11.1. The number of aromatic amines is 1. The van der Waals surface area contributed by atoms with Crippen LogP contribution in [0.4, 0.5) is 0 Å². The molecule has 0 aliphatic heterocycles. The van der Waals surface area contributed by atoms with Crippen molar-refractivity contribution in [1.29, 1.82) is 0 Å². The molecule has 2 rings (SSSR count). The highest BCUT2D eigenvalue weighted by Crippen LogP contribution is 2.29. The standard InChI is InChI=1S/C13H12BrNO/c1-8-9(2)15-13(16)12(14)11(8)10-6-4-3-5-7-10/h3-7H,1-2H3,(H,15,16). The molecule has 0 fully saturated rings. The lowest BCUT2D eigenvalue weighted by atomic mass is 10.0. The van der Waals surface area contributed by atoms with Gasteiger partial charge < -0.3 is 4.98 Å². The molecular weight excluding hydrogens is 266 g/mol. The predicted molar refractivity (Wildman–Crippen MR) is 69.7 cm³/mol. The molecule has 0 aliphatic rings. The van der Waals surface area contributed by atoms with Crippen molar-refractivity contribution >= 4 is 15.9 Å².